The smallest absolute Gasteiger partial charge is 0.305 e. The summed E-state index contributed by atoms with van der Waals surface area (Å²) >= 11 is 0. The molecule has 190 valence electrons. The molecule has 0 saturated heterocycles. The van der Waals surface area contributed by atoms with Crippen molar-refractivity contribution < 1.29 is 14.6 Å². The molecule has 1 aliphatic heterocycles. The predicted molar refractivity (Wildman–Crippen MR) is 141 cm³/mol. The molecule has 0 radical (unpaired) electrons. The van der Waals surface area contributed by atoms with E-state index in [-0.39, 0.29) is 6.42 Å². The minimum atomic E-state index is -0.890. The van der Waals surface area contributed by atoms with Crippen molar-refractivity contribution in [3.05, 3.63) is 101 Å². The van der Waals surface area contributed by atoms with Crippen LogP contribution in [0.25, 0.3) is 0 Å². The fraction of sp³-hybridized carbons (Fsp3) is 0.310. The number of nitrogens with zero attached hydrogens (tertiary/aromatic N) is 4. The van der Waals surface area contributed by atoms with Crippen molar-refractivity contribution in [2.75, 3.05) is 11.9 Å². The SMILES string of the molecule is O=C(O)CC(c1ccc(OCc2ccccc2)nc1)n1ccc(CCCc2ccc3c(n2)NCCC3)n1. The molecule has 3 aromatic heterocycles. The van der Waals surface area contributed by atoms with Gasteiger partial charge in [-0.2, -0.15) is 5.10 Å². The Kier molecular flexibility index (Phi) is 7.74. The van der Waals surface area contributed by atoms with Gasteiger partial charge >= 0.3 is 5.97 Å². The first-order chi connectivity index (χ1) is 18.1. The third kappa shape index (κ3) is 6.52. The third-order valence-electron chi connectivity index (χ3n) is 6.54. The fourth-order valence-corrected chi connectivity index (χ4v) is 4.58. The summed E-state index contributed by atoms with van der Waals surface area (Å²) in [6.07, 6.45) is 8.26. The molecule has 2 N–H and O–H groups in total. The summed E-state index contributed by atoms with van der Waals surface area (Å²) in [5.41, 5.74) is 5.14. The summed E-state index contributed by atoms with van der Waals surface area (Å²) in [5.74, 6) is 0.627. The van der Waals surface area contributed by atoms with Gasteiger partial charge in [-0.15, -0.1) is 0 Å². The molecular formula is C29H31N5O3. The molecule has 1 aliphatic rings. The number of carboxylic acids is 1. The van der Waals surface area contributed by atoms with Crippen LogP contribution in [0.1, 0.15) is 53.4 Å². The Balaban J connectivity index is 1.20. The van der Waals surface area contributed by atoms with Crippen LogP contribution in [0, 0.1) is 0 Å². The van der Waals surface area contributed by atoms with Gasteiger partial charge in [0.05, 0.1) is 18.2 Å². The first kappa shape index (κ1) is 24.5. The normalized spacial score (nSPS) is 13.4. The summed E-state index contributed by atoms with van der Waals surface area (Å²) in [4.78, 5) is 20.8. The Morgan fingerprint density at radius 2 is 1.92 bits per heavy atom. The highest BCUT2D eigenvalue weighted by atomic mass is 16.5. The second-order valence-corrected chi connectivity index (χ2v) is 9.30. The van der Waals surface area contributed by atoms with Crippen LogP contribution in [0.3, 0.4) is 0 Å². The van der Waals surface area contributed by atoms with Crippen molar-refractivity contribution in [2.24, 2.45) is 0 Å². The number of aromatic nitrogens is 4. The Bertz CT molecular complexity index is 1320. The van der Waals surface area contributed by atoms with Gasteiger partial charge in [-0.3, -0.25) is 9.48 Å². The number of hydrogen-bond acceptors (Lipinski definition) is 6. The zero-order chi connectivity index (χ0) is 25.5. The highest BCUT2D eigenvalue weighted by molar-refractivity contribution is 5.68. The van der Waals surface area contributed by atoms with Crippen LogP contribution in [-0.2, 0) is 30.7 Å². The molecule has 1 atom stereocenters. The van der Waals surface area contributed by atoms with Crippen LogP contribution in [0.5, 0.6) is 5.88 Å². The molecule has 8 nitrogen and oxygen atoms in total. The molecule has 0 spiro atoms. The highest BCUT2D eigenvalue weighted by Crippen LogP contribution is 2.24. The molecule has 0 aliphatic carbocycles. The fourth-order valence-electron chi connectivity index (χ4n) is 4.58. The van der Waals surface area contributed by atoms with E-state index >= 15 is 0 Å². The van der Waals surface area contributed by atoms with Gasteiger partial charge in [-0.05, 0) is 67.0 Å². The number of aryl methyl sites for hydroxylation is 3. The van der Waals surface area contributed by atoms with E-state index < -0.39 is 12.0 Å². The number of ether oxygens (including phenoxy) is 1. The molecule has 4 heterocycles. The standard InChI is InChI=1S/C29H31N5O3/c35-28(36)18-26(23-12-14-27(31-19-23)37-20-21-6-2-1-3-7-21)34-17-15-25(33-34)10-4-9-24-13-11-22-8-5-16-30-29(22)32-24/h1-3,6-7,11-15,17,19,26H,4-5,8-10,16,18,20H2,(H,30,32)(H,35,36). The predicted octanol–water partition coefficient (Wildman–Crippen LogP) is 4.85. The lowest BCUT2D eigenvalue weighted by molar-refractivity contribution is -0.137. The molecular weight excluding hydrogens is 466 g/mol. The van der Waals surface area contributed by atoms with E-state index in [4.69, 9.17) is 14.8 Å². The van der Waals surface area contributed by atoms with Crippen molar-refractivity contribution in [3.63, 3.8) is 0 Å². The lowest BCUT2D eigenvalue weighted by Crippen LogP contribution is -2.16. The number of rotatable bonds is 11. The average Bonchev–Trinajstić information content (AvgIpc) is 3.40. The Hall–Kier alpha value is -4.20. The lowest BCUT2D eigenvalue weighted by atomic mass is 10.1. The van der Waals surface area contributed by atoms with Crippen LogP contribution in [0.15, 0.2) is 73.1 Å². The van der Waals surface area contributed by atoms with Gasteiger partial charge in [0.2, 0.25) is 5.88 Å². The Morgan fingerprint density at radius 1 is 1.05 bits per heavy atom. The number of pyridine rings is 2. The first-order valence-electron chi connectivity index (χ1n) is 12.8. The molecule has 1 unspecified atom stereocenters. The number of hydrogen-bond donors (Lipinski definition) is 2. The van der Waals surface area contributed by atoms with Gasteiger partial charge in [-0.1, -0.05) is 36.4 Å². The highest BCUT2D eigenvalue weighted by Gasteiger charge is 2.20. The van der Waals surface area contributed by atoms with Crippen molar-refractivity contribution >= 4 is 11.8 Å². The summed E-state index contributed by atoms with van der Waals surface area (Å²) in [7, 11) is 0. The average molecular weight is 498 g/mol. The quantitative estimate of drug-likeness (QED) is 0.305. The minimum absolute atomic E-state index is 0.0843. The van der Waals surface area contributed by atoms with Gasteiger partial charge < -0.3 is 15.2 Å². The summed E-state index contributed by atoms with van der Waals surface area (Å²) < 4.78 is 7.50. The van der Waals surface area contributed by atoms with Gasteiger partial charge in [0.15, 0.2) is 0 Å². The lowest BCUT2D eigenvalue weighted by Gasteiger charge is -2.17. The molecule has 1 aromatic carbocycles. The second kappa shape index (κ2) is 11.7. The van der Waals surface area contributed by atoms with E-state index in [2.05, 4.69) is 22.4 Å². The van der Waals surface area contributed by atoms with Crippen LogP contribution in [-0.4, -0.2) is 37.4 Å². The zero-order valence-electron chi connectivity index (χ0n) is 20.7. The minimum Gasteiger partial charge on any atom is -0.481 e. The van der Waals surface area contributed by atoms with E-state index in [0.717, 1.165) is 67.0 Å². The van der Waals surface area contributed by atoms with E-state index in [1.165, 1.54) is 5.56 Å². The largest absolute Gasteiger partial charge is 0.481 e. The monoisotopic (exact) mass is 497 g/mol. The Morgan fingerprint density at radius 3 is 2.73 bits per heavy atom. The van der Waals surface area contributed by atoms with Crippen molar-refractivity contribution in [3.8, 4) is 5.88 Å². The Labute approximate surface area is 216 Å². The van der Waals surface area contributed by atoms with Gasteiger partial charge in [0.1, 0.15) is 12.4 Å². The number of benzene rings is 1. The number of fused-ring (bicyclic) bond motifs is 1. The van der Waals surface area contributed by atoms with Crippen molar-refractivity contribution in [1.82, 2.24) is 19.7 Å². The third-order valence-corrected chi connectivity index (χ3v) is 6.54. The van der Waals surface area contributed by atoms with Gasteiger partial charge in [0, 0.05) is 30.7 Å². The number of carbonyl (C=O) groups is 1. The molecule has 0 fully saturated rings. The molecule has 0 saturated carbocycles. The molecule has 37 heavy (non-hydrogen) atoms. The topological polar surface area (TPSA) is 102 Å². The first-order valence-corrected chi connectivity index (χ1v) is 12.8. The molecule has 4 aromatic rings. The number of aliphatic carboxylic acids is 1. The molecule has 8 heteroatoms. The summed E-state index contributed by atoms with van der Waals surface area (Å²) in [5, 5.41) is 17.6. The maximum absolute atomic E-state index is 11.6. The number of nitrogens with one attached hydrogen (secondary N) is 1. The van der Waals surface area contributed by atoms with Crippen molar-refractivity contribution in [1.29, 1.82) is 0 Å². The summed E-state index contributed by atoms with van der Waals surface area (Å²) in [6.45, 7) is 1.41. The van der Waals surface area contributed by atoms with Gasteiger partial charge in [0.25, 0.3) is 0 Å². The van der Waals surface area contributed by atoms with E-state index in [9.17, 15) is 9.90 Å². The maximum atomic E-state index is 11.6. The number of carboxylic acid groups (broad SMARTS) is 1. The second-order valence-electron chi connectivity index (χ2n) is 9.30. The van der Waals surface area contributed by atoms with E-state index in [1.54, 1.807) is 16.9 Å². The zero-order valence-corrected chi connectivity index (χ0v) is 20.7. The maximum Gasteiger partial charge on any atom is 0.305 e. The molecule has 0 bridgehead atoms. The number of anilines is 1. The van der Waals surface area contributed by atoms with Crippen LogP contribution < -0.4 is 10.1 Å². The van der Waals surface area contributed by atoms with E-state index in [1.807, 2.05) is 48.7 Å². The van der Waals surface area contributed by atoms with E-state index in [0.29, 0.717) is 12.5 Å². The van der Waals surface area contributed by atoms with Crippen LogP contribution in [0.4, 0.5) is 5.82 Å². The van der Waals surface area contributed by atoms with Crippen molar-refractivity contribution in [2.45, 2.75) is 51.2 Å². The molecule has 0 amide bonds. The summed E-state index contributed by atoms with van der Waals surface area (Å²) in [6, 6.07) is 19.3. The molecule has 5 rings (SSSR count). The van der Waals surface area contributed by atoms with Crippen LogP contribution in [0.2, 0.25) is 0 Å². The van der Waals surface area contributed by atoms with Gasteiger partial charge in [-0.25, -0.2) is 9.97 Å². The van der Waals surface area contributed by atoms with Crippen LogP contribution >= 0.6 is 0 Å².